The fourth-order valence-corrected chi connectivity index (χ4v) is 2.61. The van der Waals surface area contributed by atoms with E-state index in [1.165, 1.54) is 0 Å². The van der Waals surface area contributed by atoms with Crippen molar-refractivity contribution in [2.45, 2.75) is 18.9 Å². The molecule has 0 saturated carbocycles. The van der Waals surface area contributed by atoms with Crippen LogP contribution >= 0.6 is 0 Å². The van der Waals surface area contributed by atoms with Crippen LogP contribution in [0.5, 0.6) is 5.88 Å². The van der Waals surface area contributed by atoms with Crippen LogP contribution in [0.4, 0.5) is 0 Å². The molecule has 0 radical (unpaired) electrons. The summed E-state index contributed by atoms with van der Waals surface area (Å²) >= 11 is 0. The van der Waals surface area contributed by atoms with Gasteiger partial charge < -0.3 is 9.64 Å². The van der Waals surface area contributed by atoms with E-state index in [4.69, 9.17) is 10.00 Å². The van der Waals surface area contributed by atoms with Gasteiger partial charge in [0.1, 0.15) is 6.10 Å². The van der Waals surface area contributed by atoms with E-state index < -0.39 is 0 Å². The smallest absolute Gasteiger partial charge is 0.253 e. The lowest BCUT2D eigenvalue weighted by Crippen LogP contribution is -2.44. The molecular formula is C17H16N4O2. The van der Waals surface area contributed by atoms with Gasteiger partial charge >= 0.3 is 0 Å². The first-order chi connectivity index (χ1) is 11.3. The molecule has 2 aromatic rings. The summed E-state index contributed by atoms with van der Waals surface area (Å²) in [4.78, 5) is 14.3. The number of amides is 1. The maximum Gasteiger partial charge on any atom is 0.253 e. The van der Waals surface area contributed by atoms with Gasteiger partial charge in [-0.2, -0.15) is 10.4 Å². The minimum absolute atomic E-state index is 0.0399. The molecule has 3 rings (SSSR count). The van der Waals surface area contributed by atoms with E-state index in [1.54, 1.807) is 47.5 Å². The van der Waals surface area contributed by atoms with E-state index >= 15 is 0 Å². The Morgan fingerprint density at radius 1 is 1.30 bits per heavy atom. The van der Waals surface area contributed by atoms with Crippen molar-refractivity contribution in [3.05, 3.63) is 53.7 Å². The highest BCUT2D eigenvalue weighted by atomic mass is 16.5. The Hall–Kier alpha value is -2.94. The minimum atomic E-state index is -0.0808. The fourth-order valence-electron chi connectivity index (χ4n) is 2.61. The minimum Gasteiger partial charge on any atom is -0.471 e. The molecule has 23 heavy (non-hydrogen) atoms. The van der Waals surface area contributed by atoms with E-state index in [-0.39, 0.29) is 12.0 Å². The molecule has 0 unspecified atom stereocenters. The lowest BCUT2D eigenvalue weighted by molar-refractivity contribution is 0.0525. The zero-order valence-electron chi connectivity index (χ0n) is 12.6. The van der Waals surface area contributed by atoms with Gasteiger partial charge in [0, 0.05) is 24.4 Å². The predicted octanol–water partition coefficient (Wildman–Crippen LogP) is 2.03. The van der Waals surface area contributed by atoms with Crippen molar-refractivity contribution in [2.75, 3.05) is 13.1 Å². The molecule has 1 fully saturated rings. The van der Waals surface area contributed by atoms with Crippen LogP contribution in [0, 0.1) is 11.3 Å². The predicted molar refractivity (Wildman–Crippen MR) is 82.7 cm³/mol. The van der Waals surface area contributed by atoms with E-state index in [0.29, 0.717) is 30.1 Å². The van der Waals surface area contributed by atoms with Crippen LogP contribution in [0.1, 0.15) is 28.8 Å². The number of nitrogens with zero attached hydrogens (tertiary/aromatic N) is 4. The molecule has 1 saturated heterocycles. The average Bonchev–Trinajstić information content (AvgIpc) is 2.62. The third-order valence-corrected chi connectivity index (χ3v) is 3.76. The topological polar surface area (TPSA) is 79.1 Å². The standard InChI is InChI=1S/C17H16N4O2/c18-11-13-5-7-14(8-6-13)17(22)21-10-2-3-15(12-21)23-16-4-1-9-19-20-16/h1,4-9,15H,2-3,10,12H2/t15-/m1/s1. The van der Waals surface area contributed by atoms with Crippen molar-refractivity contribution in [1.29, 1.82) is 5.26 Å². The number of carbonyl (C=O) groups is 1. The van der Waals surface area contributed by atoms with Crippen LogP contribution in [-0.4, -0.2) is 40.2 Å². The van der Waals surface area contributed by atoms with Gasteiger partial charge in [-0.25, -0.2) is 0 Å². The highest BCUT2D eigenvalue weighted by Crippen LogP contribution is 2.18. The molecule has 6 nitrogen and oxygen atoms in total. The molecule has 2 heterocycles. The Labute approximate surface area is 134 Å². The second-order valence-corrected chi connectivity index (χ2v) is 5.38. The van der Waals surface area contributed by atoms with Gasteiger partial charge in [0.25, 0.3) is 5.91 Å². The Morgan fingerprint density at radius 3 is 2.83 bits per heavy atom. The maximum atomic E-state index is 12.6. The summed E-state index contributed by atoms with van der Waals surface area (Å²) in [5.41, 5.74) is 1.13. The van der Waals surface area contributed by atoms with E-state index in [1.807, 2.05) is 6.07 Å². The molecule has 1 atom stereocenters. The van der Waals surface area contributed by atoms with Crippen molar-refractivity contribution >= 4 is 5.91 Å². The van der Waals surface area contributed by atoms with Crippen LogP contribution in [-0.2, 0) is 0 Å². The van der Waals surface area contributed by atoms with Gasteiger partial charge in [0.15, 0.2) is 0 Å². The van der Waals surface area contributed by atoms with Crippen molar-refractivity contribution in [3.8, 4) is 11.9 Å². The molecule has 1 aliphatic rings. The number of ether oxygens (including phenoxy) is 1. The summed E-state index contributed by atoms with van der Waals surface area (Å²) in [6, 6.07) is 12.3. The molecule has 1 aromatic heterocycles. The van der Waals surface area contributed by atoms with Gasteiger partial charge in [-0.3, -0.25) is 4.79 Å². The van der Waals surface area contributed by atoms with Crippen LogP contribution < -0.4 is 4.74 Å². The van der Waals surface area contributed by atoms with Crippen molar-refractivity contribution < 1.29 is 9.53 Å². The molecule has 0 spiro atoms. The quantitative estimate of drug-likeness (QED) is 0.867. The highest BCUT2D eigenvalue weighted by molar-refractivity contribution is 5.94. The zero-order chi connectivity index (χ0) is 16.1. The van der Waals surface area contributed by atoms with Gasteiger partial charge in [-0.15, -0.1) is 5.10 Å². The Kier molecular flexibility index (Phi) is 4.48. The van der Waals surface area contributed by atoms with Crippen molar-refractivity contribution in [1.82, 2.24) is 15.1 Å². The van der Waals surface area contributed by atoms with E-state index in [0.717, 1.165) is 12.8 Å². The molecular weight excluding hydrogens is 292 g/mol. The summed E-state index contributed by atoms with van der Waals surface area (Å²) in [7, 11) is 0. The first-order valence-electron chi connectivity index (χ1n) is 7.50. The van der Waals surface area contributed by atoms with Crippen LogP contribution in [0.2, 0.25) is 0 Å². The second-order valence-electron chi connectivity index (χ2n) is 5.38. The Bertz CT molecular complexity index is 710. The fraction of sp³-hybridized carbons (Fsp3) is 0.294. The van der Waals surface area contributed by atoms with Crippen LogP contribution in [0.15, 0.2) is 42.6 Å². The number of benzene rings is 1. The lowest BCUT2D eigenvalue weighted by atomic mass is 10.1. The molecule has 0 N–H and O–H groups in total. The number of nitriles is 1. The summed E-state index contributed by atoms with van der Waals surface area (Å²) in [5.74, 6) is 0.437. The second kappa shape index (κ2) is 6.88. The number of hydrogen-bond acceptors (Lipinski definition) is 5. The summed E-state index contributed by atoms with van der Waals surface area (Å²) < 4.78 is 5.80. The molecule has 1 amide bonds. The number of carbonyl (C=O) groups excluding carboxylic acids is 1. The monoisotopic (exact) mass is 308 g/mol. The van der Waals surface area contributed by atoms with Gasteiger partial charge in [0.05, 0.1) is 18.2 Å². The van der Waals surface area contributed by atoms with Crippen LogP contribution in [0.3, 0.4) is 0 Å². The normalized spacial score (nSPS) is 17.3. The highest BCUT2D eigenvalue weighted by Gasteiger charge is 2.26. The first kappa shape index (κ1) is 15.0. The van der Waals surface area contributed by atoms with E-state index in [9.17, 15) is 4.79 Å². The molecule has 1 aromatic carbocycles. The number of rotatable bonds is 3. The Balaban J connectivity index is 1.65. The van der Waals surface area contributed by atoms with Gasteiger partial charge in [-0.1, -0.05) is 0 Å². The summed E-state index contributed by atoms with van der Waals surface area (Å²) in [6.07, 6.45) is 3.28. The molecule has 6 heteroatoms. The number of aromatic nitrogens is 2. The Morgan fingerprint density at radius 2 is 2.13 bits per heavy atom. The third-order valence-electron chi connectivity index (χ3n) is 3.76. The molecule has 1 aliphatic heterocycles. The number of hydrogen-bond donors (Lipinski definition) is 0. The van der Waals surface area contributed by atoms with E-state index in [2.05, 4.69) is 10.2 Å². The van der Waals surface area contributed by atoms with Crippen molar-refractivity contribution in [2.24, 2.45) is 0 Å². The molecule has 0 aliphatic carbocycles. The van der Waals surface area contributed by atoms with Crippen LogP contribution in [0.25, 0.3) is 0 Å². The molecule has 0 bridgehead atoms. The largest absolute Gasteiger partial charge is 0.471 e. The third kappa shape index (κ3) is 3.64. The zero-order valence-corrected chi connectivity index (χ0v) is 12.6. The van der Waals surface area contributed by atoms with Gasteiger partial charge in [-0.05, 0) is 43.2 Å². The maximum absolute atomic E-state index is 12.6. The first-order valence-corrected chi connectivity index (χ1v) is 7.50. The SMILES string of the molecule is N#Cc1ccc(C(=O)N2CCC[C@@H](Oc3cccnn3)C2)cc1. The lowest BCUT2D eigenvalue weighted by Gasteiger charge is -2.32. The van der Waals surface area contributed by atoms with Crippen molar-refractivity contribution in [3.63, 3.8) is 0 Å². The summed E-state index contributed by atoms with van der Waals surface area (Å²) in [6.45, 7) is 1.23. The molecule has 116 valence electrons. The number of piperidine rings is 1. The summed E-state index contributed by atoms with van der Waals surface area (Å²) in [5, 5.41) is 16.5. The number of likely N-dealkylation sites (tertiary alicyclic amines) is 1. The van der Waals surface area contributed by atoms with Gasteiger partial charge in [0.2, 0.25) is 5.88 Å². The average molecular weight is 308 g/mol.